The summed E-state index contributed by atoms with van der Waals surface area (Å²) in [5, 5.41) is 0. The van der Waals surface area contributed by atoms with Crippen molar-refractivity contribution in [1.29, 1.82) is 0 Å². The zero-order valence-corrected chi connectivity index (χ0v) is 7.75. The molecule has 2 nitrogen and oxygen atoms in total. The summed E-state index contributed by atoms with van der Waals surface area (Å²) >= 11 is 0. The van der Waals surface area contributed by atoms with Gasteiger partial charge in [0, 0.05) is 5.92 Å². The molecular formula is C10H16O2. The van der Waals surface area contributed by atoms with E-state index in [1.807, 2.05) is 0 Å². The topological polar surface area (TPSA) is 26.3 Å². The average molecular weight is 168 g/mol. The quantitative estimate of drug-likeness (QED) is 0.516. The number of esters is 1. The standard InChI is InChI=1S/C10H16O2/c1-6-3-8-5-12-10(11)9(8)4-7(6)2/h6-9H,3-5H2,1-2H3/t6-,7-,8-,9-/m1/s1. The molecule has 0 spiro atoms. The molecule has 1 saturated carbocycles. The summed E-state index contributed by atoms with van der Waals surface area (Å²) in [7, 11) is 0. The highest BCUT2D eigenvalue weighted by Crippen LogP contribution is 2.41. The molecule has 2 fully saturated rings. The second-order valence-corrected chi connectivity index (χ2v) is 4.42. The fourth-order valence-electron chi connectivity index (χ4n) is 2.47. The molecule has 4 atom stereocenters. The third-order valence-electron chi connectivity index (χ3n) is 3.58. The Kier molecular flexibility index (Phi) is 1.85. The second-order valence-electron chi connectivity index (χ2n) is 4.42. The van der Waals surface area contributed by atoms with E-state index in [1.165, 1.54) is 6.42 Å². The van der Waals surface area contributed by atoms with Gasteiger partial charge in [-0.2, -0.15) is 0 Å². The first-order chi connectivity index (χ1) is 5.68. The molecule has 1 saturated heterocycles. The zero-order chi connectivity index (χ0) is 8.72. The first-order valence-electron chi connectivity index (χ1n) is 4.85. The summed E-state index contributed by atoms with van der Waals surface area (Å²) in [5.41, 5.74) is 0. The minimum Gasteiger partial charge on any atom is -0.465 e. The van der Waals surface area contributed by atoms with E-state index in [4.69, 9.17) is 4.74 Å². The Morgan fingerprint density at radius 1 is 1.25 bits per heavy atom. The molecule has 0 aromatic heterocycles. The van der Waals surface area contributed by atoms with Gasteiger partial charge in [-0.3, -0.25) is 4.79 Å². The number of ether oxygens (including phenoxy) is 1. The van der Waals surface area contributed by atoms with E-state index in [1.54, 1.807) is 0 Å². The van der Waals surface area contributed by atoms with Crippen LogP contribution in [0.25, 0.3) is 0 Å². The third kappa shape index (κ3) is 1.13. The van der Waals surface area contributed by atoms with Crippen LogP contribution in [0.2, 0.25) is 0 Å². The largest absolute Gasteiger partial charge is 0.465 e. The Labute approximate surface area is 73.3 Å². The molecule has 0 aromatic carbocycles. The number of carbonyl (C=O) groups is 1. The SMILES string of the molecule is C[C@@H]1C[C@@H]2COC(=O)[C@@H]2C[C@H]1C. The molecule has 0 unspecified atom stereocenters. The molecule has 2 heteroatoms. The van der Waals surface area contributed by atoms with Crippen molar-refractivity contribution < 1.29 is 9.53 Å². The second kappa shape index (κ2) is 2.75. The molecule has 68 valence electrons. The number of cyclic esters (lactones) is 1. The van der Waals surface area contributed by atoms with Crippen LogP contribution in [0.1, 0.15) is 26.7 Å². The number of rotatable bonds is 0. The molecule has 1 aliphatic heterocycles. The van der Waals surface area contributed by atoms with Gasteiger partial charge in [-0.25, -0.2) is 0 Å². The van der Waals surface area contributed by atoms with Gasteiger partial charge in [0.15, 0.2) is 0 Å². The molecule has 12 heavy (non-hydrogen) atoms. The predicted molar refractivity (Wildman–Crippen MR) is 45.5 cm³/mol. The van der Waals surface area contributed by atoms with Gasteiger partial charge in [0.25, 0.3) is 0 Å². The summed E-state index contributed by atoms with van der Waals surface area (Å²) in [6, 6.07) is 0. The fraction of sp³-hybridized carbons (Fsp3) is 0.900. The number of fused-ring (bicyclic) bond motifs is 1. The summed E-state index contributed by atoms with van der Waals surface area (Å²) in [5.74, 6) is 2.27. The van der Waals surface area contributed by atoms with Gasteiger partial charge in [-0.05, 0) is 24.7 Å². The van der Waals surface area contributed by atoms with Gasteiger partial charge in [0.2, 0.25) is 0 Å². The molecule has 0 radical (unpaired) electrons. The molecule has 1 heterocycles. The van der Waals surface area contributed by atoms with Crippen molar-refractivity contribution in [2.75, 3.05) is 6.61 Å². The zero-order valence-electron chi connectivity index (χ0n) is 7.75. The van der Waals surface area contributed by atoms with Crippen LogP contribution < -0.4 is 0 Å². The molecule has 0 amide bonds. The van der Waals surface area contributed by atoms with E-state index >= 15 is 0 Å². The number of hydrogen-bond acceptors (Lipinski definition) is 2. The van der Waals surface area contributed by atoms with E-state index in [0.29, 0.717) is 18.4 Å². The van der Waals surface area contributed by atoms with E-state index in [-0.39, 0.29) is 11.9 Å². The van der Waals surface area contributed by atoms with E-state index in [9.17, 15) is 4.79 Å². The molecular weight excluding hydrogens is 152 g/mol. The Bertz CT molecular complexity index is 200. The van der Waals surface area contributed by atoms with Gasteiger partial charge >= 0.3 is 5.97 Å². The van der Waals surface area contributed by atoms with Crippen LogP contribution in [0, 0.1) is 23.7 Å². The lowest BCUT2D eigenvalue weighted by Crippen LogP contribution is -2.29. The predicted octanol–water partition coefficient (Wildman–Crippen LogP) is 1.84. The lowest BCUT2D eigenvalue weighted by molar-refractivity contribution is -0.142. The van der Waals surface area contributed by atoms with Crippen LogP contribution in [0.15, 0.2) is 0 Å². The average Bonchev–Trinajstić information content (AvgIpc) is 2.35. The van der Waals surface area contributed by atoms with Gasteiger partial charge in [0.05, 0.1) is 12.5 Å². The van der Waals surface area contributed by atoms with Crippen LogP contribution in [-0.2, 0) is 9.53 Å². The van der Waals surface area contributed by atoms with Crippen molar-refractivity contribution in [3.8, 4) is 0 Å². The molecule has 0 bridgehead atoms. The van der Waals surface area contributed by atoms with Gasteiger partial charge in [-0.15, -0.1) is 0 Å². The van der Waals surface area contributed by atoms with Crippen LogP contribution >= 0.6 is 0 Å². The van der Waals surface area contributed by atoms with Crippen LogP contribution in [0.4, 0.5) is 0 Å². The lowest BCUT2D eigenvalue weighted by atomic mass is 9.71. The lowest BCUT2D eigenvalue weighted by Gasteiger charge is -2.31. The first-order valence-corrected chi connectivity index (χ1v) is 4.85. The summed E-state index contributed by atoms with van der Waals surface area (Å²) in [6.45, 7) is 5.21. The normalized spacial score (nSPS) is 47.0. The maximum Gasteiger partial charge on any atom is 0.309 e. The van der Waals surface area contributed by atoms with Crippen molar-refractivity contribution in [2.45, 2.75) is 26.7 Å². The Balaban J connectivity index is 2.09. The van der Waals surface area contributed by atoms with Gasteiger partial charge < -0.3 is 4.74 Å². The number of hydrogen-bond donors (Lipinski definition) is 0. The van der Waals surface area contributed by atoms with Crippen molar-refractivity contribution in [3.63, 3.8) is 0 Å². The highest BCUT2D eigenvalue weighted by atomic mass is 16.5. The maximum absolute atomic E-state index is 11.2. The molecule has 2 aliphatic rings. The third-order valence-corrected chi connectivity index (χ3v) is 3.58. The monoisotopic (exact) mass is 168 g/mol. The van der Waals surface area contributed by atoms with E-state index in [0.717, 1.165) is 12.3 Å². The van der Waals surface area contributed by atoms with Gasteiger partial charge in [-0.1, -0.05) is 13.8 Å². The minimum absolute atomic E-state index is 0.0544. The molecule has 0 aromatic rings. The Morgan fingerprint density at radius 2 is 1.92 bits per heavy atom. The molecule has 1 aliphatic carbocycles. The number of carbonyl (C=O) groups excluding carboxylic acids is 1. The summed E-state index contributed by atoms with van der Waals surface area (Å²) in [4.78, 5) is 11.2. The van der Waals surface area contributed by atoms with Gasteiger partial charge in [0.1, 0.15) is 0 Å². The summed E-state index contributed by atoms with van der Waals surface area (Å²) in [6.07, 6.45) is 2.22. The minimum atomic E-state index is 0.0544. The van der Waals surface area contributed by atoms with Crippen molar-refractivity contribution in [1.82, 2.24) is 0 Å². The molecule has 0 N–H and O–H groups in total. The van der Waals surface area contributed by atoms with Crippen LogP contribution in [0.5, 0.6) is 0 Å². The van der Waals surface area contributed by atoms with Crippen molar-refractivity contribution in [3.05, 3.63) is 0 Å². The van der Waals surface area contributed by atoms with E-state index in [2.05, 4.69) is 13.8 Å². The van der Waals surface area contributed by atoms with Crippen LogP contribution in [0.3, 0.4) is 0 Å². The highest BCUT2D eigenvalue weighted by molar-refractivity contribution is 5.74. The first kappa shape index (κ1) is 8.09. The Hall–Kier alpha value is -0.530. The Morgan fingerprint density at radius 3 is 2.67 bits per heavy atom. The van der Waals surface area contributed by atoms with Crippen LogP contribution in [-0.4, -0.2) is 12.6 Å². The summed E-state index contributed by atoms with van der Waals surface area (Å²) < 4.78 is 5.06. The van der Waals surface area contributed by atoms with Crippen molar-refractivity contribution in [2.24, 2.45) is 23.7 Å². The fourth-order valence-corrected chi connectivity index (χ4v) is 2.47. The van der Waals surface area contributed by atoms with E-state index < -0.39 is 0 Å². The highest BCUT2D eigenvalue weighted by Gasteiger charge is 2.42. The maximum atomic E-state index is 11.2. The smallest absolute Gasteiger partial charge is 0.309 e. The molecule has 2 rings (SSSR count). The van der Waals surface area contributed by atoms with Crippen molar-refractivity contribution >= 4 is 5.97 Å².